The molecule has 1 aliphatic carbocycles. The fourth-order valence-electron chi connectivity index (χ4n) is 1.63. The first-order chi connectivity index (χ1) is 7.52. The third-order valence-corrected chi connectivity index (χ3v) is 2.69. The second-order valence-corrected chi connectivity index (χ2v) is 5.28. The SMILES string of the molecule is CC(C)(C)c1cncc(OC2CC2)c1C=O. The molecule has 0 saturated heterocycles. The standard InChI is InChI=1S/C13H17NO2/c1-13(2,3)11-6-14-7-12(10(11)8-15)16-9-4-5-9/h6-9H,4-5H2,1-3H3. The maximum absolute atomic E-state index is 11.2. The first-order valence-electron chi connectivity index (χ1n) is 5.62. The van der Waals surface area contributed by atoms with E-state index in [0.29, 0.717) is 11.3 Å². The van der Waals surface area contributed by atoms with Crippen molar-refractivity contribution in [3.05, 3.63) is 23.5 Å². The van der Waals surface area contributed by atoms with Crippen LogP contribution in [0.2, 0.25) is 0 Å². The molecule has 1 heterocycles. The van der Waals surface area contributed by atoms with Crippen molar-refractivity contribution >= 4 is 6.29 Å². The molecule has 1 aliphatic rings. The summed E-state index contributed by atoms with van der Waals surface area (Å²) in [6.07, 6.45) is 6.72. The summed E-state index contributed by atoms with van der Waals surface area (Å²) in [5.74, 6) is 0.630. The number of ether oxygens (including phenoxy) is 1. The van der Waals surface area contributed by atoms with Gasteiger partial charge in [0.1, 0.15) is 5.75 Å². The molecule has 0 bridgehead atoms. The number of rotatable bonds is 3. The van der Waals surface area contributed by atoms with Crippen molar-refractivity contribution in [1.29, 1.82) is 0 Å². The van der Waals surface area contributed by atoms with Gasteiger partial charge in [0.05, 0.1) is 17.9 Å². The normalized spacial score (nSPS) is 15.9. The molecule has 86 valence electrons. The lowest BCUT2D eigenvalue weighted by molar-refractivity contribution is 0.111. The van der Waals surface area contributed by atoms with Gasteiger partial charge in [0.25, 0.3) is 0 Å². The lowest BCUT2D eigenvalue weighted by Gasteiger charge is -2.21. The third kappa shape index (κ3) is 2.23. The van der Waals surface area contributed by atoms with Crippen molar-refractivity contribution in [2.24, 2.45) is 0 Å². The van der Waals surface area contributed by atoms with Crippen LogP contribution in [0.1, 0.15) is 49.5 Å². The largest absolute Gasteiger partial charge is 0.488 e. The quantitative estimate of drug-likeness (QED) is 0.734. The van der Waals surface area contributed by atoms with E-state index in [-0.39, 0.29) is 11.5 Å². The minimum Gasteiger partial charge on any atom is -0.488 e. The van der Waals surface area contributed by atoms with E-state index < -0.39 is 0 Å². The average molecular weight is 219 g/mol. The molecule has 1 aromatic heterocycles. The van der Waals surface area contributed by atoms with Gasteiger partial charge in [-0.3, -0.25) is 9.78 Å². The Morgan fingerprint density at radius 2 is 2.06 bits per heavy atom. The van der Waals surface area contributed by atoms with Crippen LogP contribution in [0.4, 0.5) is 0 Å². The number of pyridine rings is 1. The molecule has 3 nitrogen and oxygen atoms in total. The van der Waals surface area contributed by atoms with E-state index in [1.807, 2.05) is 0 Å². The Balaban J connectivity index is 2.40. The molecule has 1 aromatic rings. The molecule has 2 rings (SSSR count). The zero-order valence-electron chi connectivity index (χ0n) is 9.99. The summed E-state index contributed by atoms with van der Waals surface area (Å²) in [5.41, 5.74) is 1.50. The zero-order valence-corrected chi connectivity index (χ0v) is 9.99. The highest BCUT2D eigenvalue weighted by atomic mass is 16.5. The molecule has 0 aliphatic heterocycles. The van der Waals surface area contributed by atoms with E-state index >= 15 is 0 Å². The third-order valence-electron chi connectivity index (χ3n) is 2.69. The second-order valence-electron chi connectivity index (χ2n) is 5.28. The van der Waals surface area contributed by atoms with Crippen LogP contribution in [-0.2, 0) is 5.41 Å². The van der Waals surface area contributed by atoms with Gasteiger partial charge in [-0.1, -0.05) is 20.8 Å². The van der Waals surface area contributed by atoms with E-state index in [1.165, 1.54) is 0 Å². The average Bonchev–Trinajstić information content (AvgIpc) is 3.00. The number of hydrogen-bond donors (Lipinski definition) is 0. The summed E-state index contributed by atoms with van der Waals surface area (Å²) in [6.45, 7) is 6.20. The van der Waals surface area contributed by atoms with E-state index in [4.69, 9.17) is 4.74 Å². The number of aldehydes is 1. The Kier molecular flexibility index (Phi) is 2.70. The van der Waals surface area contributed by atoms with Gasteiger partial charge in [-0.15, -0.1) is 0 Å². The Bertz CT molecular complexity index is 403. The van der Waals surface area contributed by atoms with Gasteiger partial charge in [0.2, 0.25) is 0 Å². The highest BCUT2D eigenvalue weighted by Gasteiger charge is 2.27. The summed E-state index contributed by atoms with van der Waals surface area (Å²) in [7, 11) is 0. The van der Waals surface area contributed by atoms with Crippen LogP contribution in [0.15, 0.2) is 12.4 Å². The van der Waals surface area contributed by atoms with Gasteiger partial charge in [-0.2, -0.15) is 0 Å². The van der Waals surface area contributed by atoms with Crippen molar-refractivity contribution in [3.8, 4) is 5.75 Å². The van der Waals surface area contributed by atoms with Gasteiger partial charge in [-0.25, -0.2) is 0 Å². The molecule has 0 unspecified atom stereocenters. The summed E-state index contributed by atoms with van der Waals surface area (Å²) in [4.78, 5) is 15.3. The van der Waals surface area contributed by atoms with Crippen LogP contribution < -0.4 is 4.74 Å². The van der Waals surface area contributed by atoms with Crippen LogP contribution in [0.5, 0.6) is 5.75 Å². The van der Waals surface area contributed by atoms with Crippen molar-refractivity contribution in [3.63, 3.8) is 0 Å². The highest BCUT2D eigenvalue weighted by Crippen LogP contribution is 2.33. The minimum absolute atomic E-state index is 0.0911. The summed E-state index contributed by atoms with van der Waals surface area (Å²) < 4.78 is 5.69. The first kappa shape index (κ1) is 11.1. The van der Waals surface area contributed by atoms with Crippen molar-refractivity contribution in [1.82, 2.24) is 4.98 Å². The smallest absolute Gasteiger partial charge is 0.154 e. The number of carbonyl (C=O) groups is 1. The molecule has 0 atom stereocenters. The van der Waals surface area contributed by atoms with Gasteiger partial charge in [-0.05, 0) is 23.8 Å². The maximum Gasteiger partial charge on any atom is 0.154 e. The van der Waals surface area contributed by atoms with Gasteiger partial charge in [0.15, 0.2) is 6.29 Å². The molecule has 0 spiro atoms. The molecule has 1 saturated carbocycles. The van der Waals surface area contributed by atoms with Gasteiger partial charge >= 0.3 is 0 Å². The highest BCUT2D eigenvalue weighted by molar-refractivity contribution is 5.82. The molecular formula is C13H17NO2. The topological polar surface area (TPSA) is 39.2 Å². The molecule has 0 radical (unpaired) electrons. The fraction of sp³-hybridized carbons (Fsp3) is 0.538. The van der Waals surface area contributed by atoms with E-state index in [9.17, 15) is 4.79 Å². The van der Waals surface area contributed by atoms with Crippen molar-refractivity contribution < 1.29 is 9.53 Å². The Morgan fingerprint density at radius 3 is 2.56 bits per heavy atom. The Morgan fingerprint density at radius 1 is 1.38 bits per heavy atom. The van der Waals surface area contributed by atoms with Crippen LogP contribution in [0.3, 0.4) is 0 Å². The number of nitrogens with zero attached hydrogens (tertiary/aromatic N) is 1. The summed E-state index contributed by atoms with van der Waals surface area (Å²) in [5, 5.41) is 0. The molecule has 0 aromatic carbocycles. The molecule has 1 fully saturated rings. The molecule has 16 heavy (non-hydrogen) atoms. The number of carbonyl (C=O) groups excluding carboxylic acids is 1. The number of aromatic nitrogens is 1. The first-order valence-corrected chi connectivity index (χ1v) is 5.62. The molecule has 3 heteroatoms. The van der Waals surface area contributed by atoms with E-state index in [2.05, 4.69) is 25.8 Å². The van der Waals surface area contributed by atoms with Gasteiger partial charge < -0.3 is 4.74 Å². The summed E-state index contributed by atoms with van der Waals surface area (Å²) >= 11 is 0. The van der Waals surface area contributed by atoms with Crippen molar-refractivity contribution in [2.75, 3.05) is 0 Å². The van der Waals surface area contributed by atoms with Crippen LogP contribution >= 0.6 is 0 Å². The second kappa shape index (κ2) is 3.89. The lowest BCUT2D eigenvalue weighted by atomic mass is 9.85. The van der Waals surface area contributed by atoms with Crippen LogP contribution in [0, 0.1) is 0 Å². The molecular weight excluding hydrogens is 202 g/mol. The zero-order chi connectivity index (χ0) is 11.8. The predicted octanol–water partition coefficient (Wildman–Crippen LogP) is 2.73. The van der Waals surface area contributed by atoms with E-state index in [0.717, 1.165) is 24.7 Å². The van der Waals surface area contributed by atoms with Gasteiger partial charge in [0, 0.05) is 6.20 Å². The predicted molar refractivity (Wildman–Crippen MR) is 62.0 cm³/mol. The lowest BCUT2D eigenvalue weighted by Crippen LogP contribution is -2.16. The monoisotopic (exact) mass is 219 g/mol. The minimum atomic E-state index is -0.0911. The number of hydrogen-bond acceptors (Lipinski definition) is 3. The van der Waals surface area contributed by atoms with E-state index in [1.54, 1.807) is 12.4 Å². The van der Waals surface area contributed by atoms with Crippen molar-refractivity contribution in [2.45, 2.75) is 45.1 Å². The fourth-order valence-corrected chi connectivity index (χ4v) is 1.63. The Hall–Kier alpha value is -1.38. The molecule has 0 amide bonds. The van der Waals surface area contributed by atoms with Crippen LogP contribution in [0.25, 0.3) is 0 Å². The summed E-state index contributed by atoms with van der Waals surface area (Å²) in [6, 6.07) is 0. The molecule has 0 N–H and O–H groups in total. The Labute approximate surface area is 95.8 Å². The van der Waals surface area contributed by atoms with Crippen LogP contribution in [-0.4, -0.2) is 17.4 Å². The maximum atomic E-state index is 11.2.